The topological polar surface area (TPSA) is 87.9 Å². The van der Waals surface area contributed by atoms with Crippen LogP contribution >= 0.6 is 0 Å². The fourth-order valence-electron chi connectivity index (χ4n) is 1.46. The molecule has 2 N–H and O–H groups in total. The zero-order valence-electron chi connectivity index (χ0n) is 11.1. The summed E-state index contributed by atoms with van der Waals surface area (Å²) in [5.41, 5.74) is 5.94. The van der Waals surface area contributed by atoms with Gasteiger partial charge in [0.2, 0.25) is 6.10 Å². The highest BCUT2D eigenvalue weighted by Gasteiger charge is 2.21. The molecule has 0 aliphatic heterocycles. The molecule has 0 saturated heterocycles. The lowest BCUT2D eigenvalue weighted by atomic mass is 10.1. The molecular formula is C13H17NO5. The van der Waals surface area contributed by atoms with Crippen molar-refractivity contribution in [2.24, 2.45) is 5.73 Å². The molecule has 1 unspecified atom stereocenters. The first kappa shape index (κ1) is 15.0. The van der Waals surface area contributed by atoms with Gasteiger partial charge in [0, 0.05) is 12.1 Å². The van der Waals surface area contributed by atoms with Gasteiger partial charge >= 0.3 is 5.97 Å². The number of nitrogens with two attached hydrogens (primary N) is 1. The fraction of sp³-hybridized carbons (Fsp3) is 0.385. The number of rotatable bonds is 6. The Morgan fingerprint density at radius 2 is 1.95 bits per heavy atom. The van der Waals surface area contributed by atoms with E-state index in [0.29, 0.717) is 17.1 Å². The minimum atomic E-state index is -0.915. The summed E-state index contributed by atoms with van der Waals surface area (Å²) in [4.78, 5) is 22.7. The third kappa shape index (κ3) is 3.69. The predicted octanol–water partition coefficient (Wildman–Crippen LogP) is 0.777. The Morgan fingerprint density at radius 1 is 1.26 bits per heavy atom. The van der Waals surface area contributed by atoms with Gasteiger partial charge in [0.1, 0.15) is 0 Å². The highest BCUT2D eigenvalue weighted by Crippen LogP contribution is 2.29. The van der Waals surface area contributed by atoms with Gasteiger partial charge in [-0.05, 0) is 25.1 Å². The van der Waals surface area contributed by atoms with Crippen molar-refractivity contribution in [2.45, 2.75) is 13.0 Å². The van der Waals surface area contributed by atoms with E-state index in [9.17, 15) is 9.59 Å². The van der Waals surface area contributed by atoms with E-state index >= 15 is 0 Å². The largest absolute Gasteiger partial charge is 0.493 e. The minimum absolute atomic E-state index is 0.0235. The first-order valence-electron chi connectivity index (χ1n) is 5.67. The van der Waals surface area contributed by atoms with Crippen LogP contribution in [0.5, 0.6) is 11.5 Å². The van der Waals surface area contributed by atoms with E-state index in [4.69, 9.17) is 15.2 Å². The molecule has 0 heterocycles. The molecule has 104 valence electrons. The van der Waals surface area contributed by atoms with E-state index in [-0.39, 0.29) is 12.3 Å². The van der Waals surface area contributed by atoms with Crippen LogP contribution in [0.15, 0.2) is 18.2 Å². The molecule has 0 aliphatic carbocycles. The Balaban J connectivity index is 3.00. The van der Waals surface area contributed by atoms with Crippen molar-refractivity contribution in [3.05, 3.63) is 23.8 Å². The van der Waals surface area contributed by atoms with Crippen LogP contribution in [0.4, 0.5) is 0 Å². The maximum absolute atomic E-state index is 11.4. The molecule has 0 fully saturated rings. The van der Waals surface area contributed by atoms with Gasteiger partial charge < -0.3 is 19.9 Å². The first-order chi connectivity index (χ1) is 9.03. The number of methoxy groups -OCH3 is 2. The van der Waals surface area contributed by atoms with Crippen LogP contribution in [-0.2, 0) is 9.53 Å². The Hall–Kier alpha value is -2.08. The highest BCUT2D eigenvalue weighted by atomic mass is 16.6. The first-order valence-corrected chi connectivity index (χ1v) is 5.67. The SMILES string of the molecule is COC(=O)C(CN)Oc1ccc(C(C)=O)cc1OC. The van der Waals surface area contributed by atoms with Gasteiger partial charge in [-0.15, -0.1) is 0 Å². The van der Waals surface area contributed by atoms with Gasteiger partial charge in [0.15, 0.2) is 17.3 Å². The average Bonchev–Trinajstić information content (AvgIpc) is 2.43. The number of hydrogen-bond donors (Lipinski definition) is 1. The van der Waals surface area contributed by atoms with E-state index in [1.807, 2.05) is 0 Å². The molecule has 0 bridgehead atoms. The number of esters is 1. The second kappa shape index (κ2) is 6.75. The zero-order chi connectivity index (χ0) is 14.4. The third-order valence-electron chi connectivity index (χ3n) is 2.52. The summed E-state index contributed by atoms with van der Waals surface area (Å²) in [6.45, 7) is 1.43. The second-order valence-electron chi connectivity index (χ2n) is 3.79. The summed E-state index contributed by atoms with van der Waals surface area (Å²) >= 11 is 0. The van der Waals surface area contributed by atoms with Crippen molar-refractivity contribution in [3.8, 4) is 11.5 Å². The van der Waals surface area contributed by atoms with Crippen LogP contribution < -0.4 is 15.2 Å². The Labute approximate surface area is 111 Å². The van der Waals surface area contributed by atoms with Gasteiger partial charge in [-0.1, -0.05) is 0 Å². The number of benzene rings is 1. The van der Waals surface area contributed by atoms with Crippen molar-refractivity contribution >= 4 is 11.8 Å². The molecule has 0 spiro atoms. The summed E-state index contributed by atoms with van der Waals surface area (Å²) in [5, 5.41) is 0. The second-order valence-corrected chi connectivity index (χ2v) is 3.79. The van der Waals surface area contributed by atoms with Crippen molar-refractivity contribution in [2.75, 3.05) is 20.8 Å². The van der Waals surface area contributed by atoms with Gasteiger partial charge in [0.05, 0.1) is 14.2 Å². The molecular weight excluding hydrogens is 250 g/mol. The summed E-state index contributed by atoms with van der Waals surface area (Å²) in [6, 6.07) is 4.69. The maximum Gasteiger partial charge on any atom is 0.348 e. The van der Waals surface area contributed by atoms with Crippen LogP contribution in [0, 0.1) is 0 Å². The summed E-state index contributed by atoms with van der Waals surface area (Å²) in [6.07, 6.45) is -0.915. The van der Waals surface area contributed by atoms with Crippen molar-refractivity contribution in [3.63, 3.8) is 0 Å². The van der Waals surface area contributed by atoms with Crippen LogP contribution in [0.25, 0.3) is 0 Å². The van der Waals surface area contributed by atoms with Crippen molar-refractivity contribution in [1.82, 2.24) is 0 Å². The molecule has 0 saturated carbocycles. The maximum atomic E-state index is 11.4. The van der Waals surface area contributed by atoms with E-state index in [1.54, 1.807) is 18.2 Å². The summed E-state index contributed by atoms with van der Waals surface area (Å²) in [5.74, 6) is 0.0248. The van der Waals surface area contributed by atoms with Gasteiger partial charge in [0.25, 0.3) is 0 Å². The quantitative estimate of drug-likeness (QED) is 0.605. The van der Waals surface area contributed by atoms with E-state index in [0.717, 1.165) is 0 Å². The Kier molecular flexibility index (Phi) is 5.32. The number of ether oxygens (including phenoxy) is 3. The lowest BCUT2D eigenvalue weighted by molar-refractivity contribution is -0.148. The predicted molar refractivity (Wildman–Crippen MR) is 68.5 cm³/mol. The lowest BCUT2D eigenvalue weighted by Crippen LogP contribution is -2.36. The molecule has 0 radical (unpaired) electrons. The average molecular weight is 267 g/mol. The van der Waals surface area contributed by atoms with Crippen LogP contribution in [-0.4, -0.2) is 38.6 Å². The van der Waals surface area contributed by atoms with Gasteiger partial charge in [-0.25, -0.2) is 4.79 Å². The lowest BCUT2D eigenvalue weighted by Gasteiger charge is -2.17. The van der Waals surface area contributed by atoms with E-state index < -0.39 is 12.1 Å². The van der Waals surface area contributed by atoms with Crippen molar-refractivity contribution < 1.29 is 23.8 Å². The highest BCUT2D eigenvalue weighted by molar-refractivity contribution is 5.94. The number of ketones is 1. The van der Waals surface area contributed by atoms with Crippen molar-refractivity contribution in [1.29, 1.82) is 0 Å². The smallest absolute Gasteiger partial charge is 0.348 e. The van der Waals surface area contributed by atoms with Gasteiger partial charge in [-0.2, -0.15) is 0 Å². The molecule has 19 heavy (non-hydrogen) atoms. The number of hydrogen-bond acceptors (Lipinski definition) is 6. The Morgan fingerprint density at radius 3 is 2.42 bits per heavy atom. The number of carbonyl (C=O) groups excluding carboxylic acids is 2. The fourth-order valence-corrected chi connectivity index (χ4v) is 1.46. The molecule has 1 aromatic rings. The van der Waals surface area contributed by atoms with E-state index in [1.165, 1.54) is 21.1 Å². The molecule has 1 aromatic carbocycles. The Bertz CT molecular complexity index is 472. The molecule has 1 atom stereocenters. The number of Topliss-reactive ketones (excluding diaryl/α,β-unsaturated/α-hetero) is 1. The van der Waals surface area contributed by atoms with Crippen LogP contribution in [0.1, 0.15) is 17.3 Å². The van der Waals surface area contributed by atoms with E-state index in [2.05, 4.69) is 4.74 Å². The molecule has 0 amide bonds. The standard InChI is InChI=1S/C13H17NO5/c1-8(15)9-4-5-10(11(6-9)17-2)19-12(7-14)13(16)18-3/h4-6,12H,7,14H2,1-3H3. The monoisotopic (exact) mass is 267 g/mol. The third-order valence-corrected chi connectivity index (χ3v) is 2.52. The van der Waals surface area contributed by atoms with Crippen LogP contribution in [0.2, 0.25) is 0 Å². The van der Waals surface area contributed by atoms with Crippen LogP contribution in [0.3, 0.4) is 0 Å². The number of carbonyl (C=O) groups is 2. The molecule has 6 heteroatoms. The summed E-state index contributed by atoms with van der Waals surface area (Å²) in [7, 11) is 2.70. The normalized spacial score (nSPS) is 11.6. The van der Waals surface area contributed by atoms with Gasteiger partial charge in [-0.3, -0.25) is 4.79 Å². The zero-order valence-corrected chi connectivity index (χ0v) is 11.1. The summed E-state index contributed by atoms with van der Waals surface area (Å²) < 4.78 is 15.1. The molecule has 1 rings (SSSR count). The molecule has 0 aliphatic rings. The molecule has 6 nitrogen and oxygen atoms in total. The minimum Gasteiger partial charge on any atom is -0.493 e. The molecule has 0 aromatic heterocycles.